The van der Waals surface area contributed by atoms with Crippen LogP contribution in [0.5, 0.6) is 0 Å². The molecule has 0 fully saturated rings. The average Bonchev–Trinajstić information content (AvgIpc) is 2.69. The van der Waals surface area contributed by atoms with Gasteiger partial charge in [0.05, 0.1) is 5.52 Å². The van der Waals surface area contributed by atoms with Crippen LogP contribution in [0.2, 0.25) is 5.28 Å². The molecule has 4 nitrogen and oxygen atoms in total. The zero-order valence-electron chi connectivity index (χ0n) is 14.0. The first-order valence-corrected chi connectivity index (χ1v) is 8.81. The molecule has 0 bridgehead atoms. The molecule has 4 rings (SSSR count). The Morgan fingerprint density at radius 1 is 0.846 bits per heavy atom. The molecule has 0 aliphatic carbocycles. The third-order valence-electron chi connectivity index (χ3n) is 4.30. The monoisotopic (exact) mass is 360 g/mol. The summed E-state index contributed by atoms with van der Waals surface area (Å²) in [7, 11) is 0. The van der Waals surface area contributed by atoms with E-state index in [9.17, 15) is 0 Å². The lowest BCUT2D eigenvalue weighted by Gasteiger charge is -2.19. The van der Waals surface area contributed by atoms with Crippen molar-refractivity contribution in [3.63, 3.8) is 0 Å². The summed E-state index contributed by atoms with van der Waals surface area (Å²) in [6.07, 6.45) is 1.82. The van der Waals surface area contributed by atoms with Gasteiger partial charge in [0.25, 0.3) is 0 Å². The Labute approximate surface area is 156 Å². The molecule has 2 heterocycles. The lowest BCUT2D eigenvalue weighted by atomic mass is 9.95. The van der Waals surface area contributed by atoms with Crippen LogP contribution in [0.3, 0.4) is 0 Å². The zero-order valence-corrected chi connectivity index (χ0v) is 14.8. The number of nitrogens with zero attached hydrogens (tertiary/aromatic N) is 3. The van der Waals surface area contributed by atoms with Crippen LogP contribution in [0.15, 0.2) is 79.0 Å². The van der Waals surface area contributed by atoms with Crippen molar-refractivity contribution in [2.24, 2.45) is 0 Å². The molecule has 0 spiro atoms. The molecule has 0 saturated heterocycles. The third-order valence-corrected chi connectivity index (χ3v) is 4.47. The van der Waals surface area contributed by atoms with Crippen molar-refractivity contribution >= 4 is 28.3 Å². The molecule has 4 aromatic rings. The first-order chi connectivity index (χ1) is 12.8. The summed E-state index contributed by atoms with van der Waals surface area (Å²) >= 11 is 6.10. The summed E-state index contributed by atoms with van der Waals surface area (Å²) in [6.45, 7) is 0.651. The second-order valence-corrected chi connectivity index (χ2v) is 6.30. The van der Waals surface area contributed by atoms with E-state index >= 15 is 0 Å². The van der Waals surface area contributed by atoms with Crippen molar-refractivity contribution < 1.29 is 0 Å². The molecule has 2 aromatic heterocycles. The van der Waals surface area contributed by atoms with Gasteiger partial charge in [0.1, 0.15) is 5.82 Å². The maximum absolute atomic E-state index is 6.10. The maximum atomic E-state index is 6.10. The van der Waals surface area contributed by atoms with Crippen LogP contribution in [0.25, 0.3) is 10.9 Å². The number of hydrogen-bond donors (Lipinski definition) is 1. The van der Waals surface area contributed by atoms with E-state index in [0.29, 0.717) is 6.54 Å². The Bertz CT molecular complexity index is 967. The van der Waals surface area contributed by atoms with Crippen molar-refractivity contribution in [3.05, 3.63) is 95.5 Å². The van der Waals surface area contributed by atoms with E-state index in [4.69, 9.17) is 11.6 Å². The molecule has 1 N–H and O–H groups in total. The molecule has 0 radical (unpaired) electrons. The van der Waals surface area contributed by atoms with Crippen LogP contribution in [-0.2, 0) is 0 Å². The van der Waals surface area contributed by atoms with Crippen molar-refractivity contribution in [2.45, 2.75) is 5.92 Å². The standard InChI is InChI=1S/C21H17ClN4/c22-21-25-19-12-5-4-10-16(19)20(26-21)24-14-17(15-8-2-1-3-9-15)18-11-6-7-13-23-18/h1-13,17H,14H2,(H,24,25,26). The van der Waals surface area contributed by atoms with Crippen molar-refractivity contribution in [1.29, 1.82) is 0 Å². The second kappa shape index (κ2) is 7.50. The first-order valence-electron chi connectivity index (χ1n) is 8.43. The van der Waals surface area contributed by atoms with E-state index in [1.54, 1.807) is 0 Å². The predicted molar refractivity (Wildman–Crippen MR) is 106 cm³/mol. The van der Waals surface area contributed by atoms with E-state index in [-0.39, 0.29) is 11.2 Å². The quantitative estimate of drug-likeness (QED) is 0.513. The lowest BCUT2D eigenvalue weighted by Crippen LogP contribution is -2.16. The largest absolute Gasteiger partial charge is 0.368 e. The number of pyridine rings is 1. The van der Waals surface area contributed by atoms with Crippen LogP contribution in [0.4, 0.5) is 5.82 Å². The van der Waals surface area contributed by atoms with Gasteiger partial charge in [-0.05, 0) is 41.4 Å². The van der Waals surface area contributed by atoms with E-state index in [0.717, 1.165) is 22.4 Å². The highest BCUT2D eigenvalue weighted by atomic mass is 35.5. The highest BCUT2D eigenvalue weighted by Crippen LogP contribution is 2.26. The summed E-state index contributed by atoms with van der Waals surface area (Å²) < 4.78 is 0. The summed E-state index contributed by atoms with van der Waals surface area (Å²) in [4.78, 5) is 13.2. The van der Waals surface area contributed by atoms with Gasteiger partial charge in [-0.2, -0.15) is 0 Å². The first kappa shape index (κ1) is 16.5. The van der Waals surface area contributed by atoms with Gasteiger partial charge >= 0.3 is 0 Å². The normalized spacial score (nSPS) is 12.0. The number of rotatable bonds is 5. The zero-order chi connectivity index (χ0) is 17.8. The van der Waals surface area contributed by atoms with Crippen LogP contribution in [0, 0.1) is 0 Å². The van der Waals surface area contributed by atoms with E-state index in [2.05, 4.69) is 32.4 Å². The number of benzene rings is 2. The molecule has 1 atom stereocenters. The number of fused-ring (bicyclic) bond motifs is 1. The molecule has 0 aliphatic heterocycles. The van der Waals surface area contributed by atoms with Gasteiger partial charge in [0, 0.05) is 29.7 Å². The minimum Gasteiger partial charge on any atom is -0.368 e. The molecule has 0 amide bonds. The molecule has 2 aromatic carbocycles. The Kier molecular flexibility index (Phi) is 4.75. The second-order valence-electron chi connectivity index (χ2n) is 5.96. The smallest absolute Gasteiger partial charge is 0.224 e. The van der Waals surface area contributed by atoms with E-state index in [1.165, 1.54) is 5.56 Å². The minimum absolute atomic E-state index is 0.102. The summed E-state index contributed by atoms with van der Waals surface area (Å²) in [5.41, 5.74) is 3.03. The summed E-state index contributed by atoms with van der Waals surface area (Å²) in [5.74, 6) is 0.836. The minimum atomic E-state index is 0.102. The molecule has 0 saturated carbocycles. The van der Waals surface area contributed by atoms with Crippen molar-refractivity contribution in [1.82, 2.24) is 15.0 Å². The Morgan fingerprint density at radius 3 is 2.42 bits per heavy atom. The number of aromatic nitrogens is 3. The molecular formula is C21H17ClN4. The third kappa shape index (κ3) is 3.51. The number of halogens is 1. The topological polar surface area (TPSA) is 50.7 Å². The highest BCUT2D eigenvalue weighted by molar-refractivity contribution is 6.28. The number of anilines is 1. The highest BCUT2D eigenvalue weighted by Gasteiger charge is 2.16. The van der Waals surface area contributed by atoms with Crippen LogP contribution < -0.4 is 5.32 Å². The van der Waals surface area contributed by atoms with Gasteiger partial charge in [-0.1, -0.05) is 48.5 Å². The predicted octanol–water partition coefficient (Wildman–Crippen LogP) is 4.92. The van der Waals surface area contributed by atoms with E-state index < -0.39 is 0 Å². The molecule has 128 valence electrons. The fourth-order valence-electron chi connectivity index (χ4n) is 3.04. The molecule has 26 heavy (non-hydrogen) atoms. The summed E-state index contributed by atoms with van der Waals surface area (Å²) in [6, 6.07) is 24.2. The average molecular weight is 361 g/mol. The van der Waals surface area contributed by atoms with Gasteiger partial charge in [-0.3, -0.25) is 4.98 Å². The summed E-state index contributed by atoms with van der Waals surface area (Å²) in [5, 5.41) is 4.64. The number of hydrogen-bond acceptors (Lipinski definition) is 4. The van der Waals surface area contributed by atoms with Gasteiger partial charge < -0.3 is 5.32 Å². The Balaban J connectivity index is 1.68. The number of nitrogens with one attached hydrogen (secondary N) is 1. The molecule has 0 aliphatic rings. The molecule has 5 heteroatoms. The van der Waals surface area contributed by atoms with E-state index in [1.807, 2.05) is 66.9 Å². The van der Waals surface area contributed by atoms with Gasteiger partial charge in [0.2, 0.25) is 5.28 Å². The van der Waals surface area contributed by atoms with Crippen molar-refractivity contribution in [3.8, 4) is 0 Å². The van der Waals surface area contributed by atoms with Crippen molar-refractivity contribution in [2.75, 3.05) is 11.9 Å². The Morgan fingerprint density at radius 2 is 1.62 bits per heavy atom. The lowest BCUT2D eigenvalue weighted by molar-refractivity contribution is 0.813. The SMILES string of the molecule is Clc1nc(NCC(c2ccccc2)c2ccccn2)c2ccccc2n1. The molecule has 1 unspecified atom stereocenters. The van der Waals surface area contributed by atoms with Gasteiger partial charge in [-0.25, -0.2) is 9.97 Å². The number of para-hydroxylation sites is 1. The molecular weight excluding hydrogens is 344 g/mol. The van der Waals surface area contributed by atoms with Gasteiger partial charge in [0.15, 0.2) is 0 Å². The Hall–Kier alpha value is -2.98. The fraction of sp³-hybridized carbons (Fsp3) is 0.0952. The maximum Gasteiger partial charge on any atom is 0.224 e. The van der Waals surface area contributed by atoms with Gasteiger partial charge in [-0.15, -0.1) is 0 Å². The van der Waals surface area contributed by atoms with Crippen LogP contribution in [0.1, 0.15) is 17.2 Å². The fourth-order valence-corrected chi connectivity index (χ4v) is 3.22. The van der Waals surface area contributed by atoms with Crippen LogP contribution in [-0.4, -0.2) is 21.5 Å². The van der Waals surface area contributed by atoms with Crippen LogP contribution >= 0.6 is 11.6 Å².